The molecule has 176 valence electrons. The van der Waals surface area contributed by atoms with Gasteiger partial charge in [0.15, 0.2) is 11.5 Å². The maximum absolute atomic E-state index is 13.9. The molecule has 7 heteroatoms. The van der Waals surface area contributed by atoms with E-state index < -0.39 is 22.9 Å². The summed E-state index contributed by atoms with van der Waals surface area (Å²) in [5.74, 6) is -0.0801. The quantitative estimate of drug-likeness (QED) is 0.687. The van der Waals surface area contributed by atoms with Crippen LogP contribution in [0.2, 0.25) is 0 Å². The van der Waals surface area contributed by atoms with Gasteiger partial charge in [0, 0.05) is 30.3 Å². The predicted molar refractivity (Wildman–Crippen MR) is 122 cm³/mol. The molecule has 6 nitrogen and oxygen atoms in total. The molecule has 3 aliphatic heterocycles. The maximum atomic E-state index is 13.9. The van der Waals surface area contributed by atoms with E-state index in [1.165, 1.54) is 12.1 Å². The first-order valence-electron chi connectivity index (χ1n) is 12.1. The summed E-state index contributed by atoms with van der Waals surface area (Å²) in [5, 5.41) is 23.2. The summed E-state index contributed by atoms with van der Waals surface area (Å²) >= 11 is 0. The first-order chi connectivity index (χ1) is 16.4. The Kier molecular flexibility index (Phi) is 3.98. The molecule has 2 N–H and O–H groups in total. The summed E-state index contributed by atoms with van der Waals surface area (Å²) in [6.45, 7) is 5.79. The number of fused-ring (bicyclic) bond motifs is 1. The van der Waals surface area contributed by atoms with Crippen LogP contribution >= 0.6 is 0 Å². The van der Waals surface area contributed by atoms with Crippen LogP contribution in [0.1, 0.15) is 46.3 Å². The number of phenols is 1. The summed E-state index contributed by atoms with van der Waals surface area (Å²) in [4.78, 5) is 17.5. The second kappa shape index (κ2) is 6.61. The smallest absolute Gasteiger partial charge is 0.254 e. The number of carbonyl (C=O) groups excluding carboxylic acids is 1. The van der Waals surface area contributed by atoms with Crippen molar-refractivity contribution >= 4 is 5.91 Å². The fourth-order valence-electron chi connectivity index (χ4n) is 7.87. The molecule has 2 unspecified atom stereocenters. The van der Waals surface area contributed by atoms with Gasteiger partial charge < -0.3 is 19.8 Å². The van der Waals surface area contributed by atoms with Gasteiger partial charge in [0.1, 0.15) is 11.9 Å². The normalized spacial score (nSPS) is 35.1. The molecule has 2 aliphatic carbocycles. The zero-order valence-electron chi connectivity index (χ0n) is 18.8. The molecular weight excluding hydrogens is 435 g/mol. The molecule has 1 saturated heterocycles. The van der Waals surface area contributed by atoms with Crippen LogP contribution in [0.4, 0.5) is 4.39 Å². The number of nitrogens with zero attached hydrogens (tertiary/aromatic N) is 2. The highest BCUT2D eigenvalue weighted by molar-refractivity contribution is 5.98. The third-order valence-electron chi connectivity index (χ3n) is 9.21. The lowest BCUT2D eigenvalue weighted by Crippen LogP contribution is -2.78. The van der Waals surface area contributed by atoms with Gasteiger partial charge in [-0.1, -0.05) is 18.2 Å². The number of halogens is 1. The van der Waals surface area contributed by atoms with Gasteiger partial charge in [-0.3, -0.25) is 9.69 Å². The molecule has 2 fully saturated rings. The fraction of sp³-hybridized carbons (Fsp3) is 0.444. The number of hydrogen-bond acceptors (Lipinski definition) is 5. The number of carbonyl (C=O) groups is 1. The summed E-state index contributed by atoms with van der Waals surface area (Å²) in [6, 6.07) is 7.64. The molecule has 5 atom stereocenters. The van der Waals surface area contributed by atoms with Gasteiger partial charge in [0.05, 0.1) is 17.1 Å². The molecule has 7 rings (SSSR count). The number of aromatic hydroxyl groups is 1. The van der Waals surface area contributed by atoms with Crippen molar-refractivity contribution in [2.45, 2.75) is 61.4 Å². The van der Waals surface area contributed by atoms with E-state index in [2.05, 4.69) is 11.5 Å². The minimum Gasteiger partial charge on any atom is -0.504 e. The van der Waals surface area contributed by atoms with Crippen molar-refractivity contribution < 1.29 is 24.1 Å². The average molecular weight is 463 g/mol. The second-order valence-electron chi connectivity index (χ2n) is 10.5. The SMILES string of the molecule is C=CCN1CC[C@]23c4c5ccc(O)c4OC2C(N2Cc4ccc(F)cc4C2=O)CC[C@@]3(O)[C@H]1C5. The highest BCUT2D eigenvalue weighted by atomic mass is 19.1. The summed E-state index contributed by atoms with van der Waals surface area (Å²) in [6.07, 6.45) is 3.86. The van der Waals surface area contributed by atoms with Crippen molar-refractivity contribution in [1.82, 2.24) is 9.80 Å². The standard InChI is InChI=1S/C27H27FN2O4/c1-2-10-29-11-9-26-22-15-4-6-20(31)23(22)34-24(26)19(7-8-27(26,33)21(29)12-15)30-14-16-3-5-17(28)13-18(16)25(30)32/h2-6,13,19,21,24,31,33H,1,7-12,14H2/t19?,21-,24?,26+,27-/m1/s1. The number of piperidine rings is 1. The molecule has 1 saturated carbocycles. The summed E-state index contributed by atoms with van der Waals surface area (Å²) in [7, 11) is 0. The molecule has 1 amide bonds. The molecule has 1 spiro atoms. The van der Waals surface area contributed by atoms with Gasteiger partial charge in [-0.2, -0.15) is 0 Å². The Hall–Kier alpha value is -2.90. The van der Waals surface area contributed by atoms with Crippen LogP contribution in [0, 0.1) is 5.82 Å². The molecule has 2 aromatic carbocycles. The lowest BCUT2D eigenvalue weighted by atomic mass is 9.48. The first kappa shape index (κ1) is 20.5. The number of likely N-dealkylation sites (tertiary alicyclic amines) is 1. The monoisotopic (exact) mass is 462 g/mol. The number of amides is 1. The Balaban J connectivity index is 1.37. The average Bonchev–Trinajstić information content (AvgIpc) is 3.33. The van der Waals surface area contributed by atoms with Crippen LogP contribution in [0.3, 0.4) is 0 Å². The van der Waals surface area contributed by atoms with Crippen molar-refractivity contribution in [2.24, 2.45) is 0 Å². The van der Waals surface area contributed by atoms with E-state index in [4.69, 9.17) is 4.74 Å². The number of phenolic OH excluding ortho intramolecular Hbond substituents is 1. The molecule has 5 aliphatic rings. The van der Waals surface area contributed by atoms with E-state index >= 15 is 0 Å². The van der Waals surface area contributed by atoms with E-state index in [-0.39, 0.29) is 23.7 Å². The molecular formula is C27H27FN2O4. The van der Waals surface area contributed by atoms with E-state index in [9.17, 15) is 19.4 Å². The number of rotatable bonds is 3. The topological polar surface area (TPSA) is 73.2 Å². The molecule has 0 aromatic heterocycles. The van der Waals surface area contributed by atoms with Gasteiger partial charge in [-0.25, -0.2) is 4.39 Å². The molecule has 3 heterocycles. The lowest BCUT2D eigenvalue weighted by Gasteiger charge is -2.64. The number of aliphatic hydroxyl groups is 1. The van der Waals surface area contributed by atoms with Crippen molar-refractivity contribution in [3.05, 3.63) is 71.1 Å². The van der Waals surface area contributed by atoms with Gasteiger partial charge in [-0.05, 0) is 61.6 Å². The highest BCUT2D eigenvalue weighted by Gasteiger charge is 2.73. The zero-order valence-corrected chi connectivity index (χ0v) is 18.8. The van der Waals surface area contributed by atoms with Crippen LogP contribution in [-0.2, 0) is 18.4 Å². The largest absolute Gasteiger partial charge is 0.504 e. The van der Waals surface area contributed by atoms with Crippen molar-refractivity contribution in [1.29, 1.82) is 0 Å². The Morgan fingerprint density at radius 1 is 1.24 bits per heavy atom. The second-order valence-corrected chi connectivity index (χ2v) is 10.5. The Labute approximate surface area is 197 Å². The Morgan fingerprint density at radius 3 is 2.88 bits per heavy atom. The summed E-state index contributed by atoms with van der Waals surface area (Å²) in [5.41, 5.74) is 1.49. The van der Waals surface area contributed by atoms with E-state index in [0.717, 1.165) is 23.2 Å². The Bertz CT molecular complexity index is 1260. The molecule has 34 heavy (non-hydrogen) atoms. The number of hydrogen-bond donors (Lipinski definition) is 2. The van der Waals surface area contributed by atoms with Gasteiger partial charge >= 0.3 is 0 Å². The van der Waals surface area contributed by atoms with Crippen LogP contribution in [-0.4, -0.2) is 62.8 Å². The van der Waals surface area contributed by atoms with Crippen LogP contribution < -0.4 is 4.74 Å². The number of benzene rings is 2. The van der Waals surface area contributed by atoms with Gasteiger partial charge in [-0.15, -0.1) is 6.58 Å². The third-order valence-corrected chi connectivity index (χ3v) is 9.21. The predicted octanol–water partition coefficient (Wildman–Crippen LogP) is 2.90. The van der Waals surface area contributed by atoms with Crippen LogP contribution in [0.15, 0.2) is 43.0 Å². The molecule has 2 aromatic rings. The van der Waals surface area contributed by atoms with Crippen molar-refractivity contribution in [3.8, 4) is 11.5 Å². The lowest BCUT2D eigenvalue weighted by molar-refractivity contribution is -0.196. The highest BCUT2D eigenvalue weighted by Crippen LogP contribution is 2.66. The zero-order chi connectivity index (χ0) is 23.4. The van der Waals surface area contributed by atoms with E-state index in [1.807, 2.05) is 12.1 Å². The van der Waals surface area contributed by atoms with Crippen molar-refractivity contribution in [3.63, 3.8) is 0 Å². The maximum Gasteiger partial charge on any atom is 0.254 e. The van der Waals surface area contributed by atoms with Gasteiger partial charge in [0.25, 0.3) is 5.91 Å². The Morgan fingerprint density at radius 2 is 2.06 bits per heavy atom. The van der Waals surface area contributed by atoms with E-state index in [0.29, 0.717) is 50.1 Å². The first-order valence-corrected chi connectivity index (χ1v) is 12.1. The summed E-state index contributed by atoms with van der Waals surface area (Å²) < 4.78 is 20.4. The molecule has 0 radical (unpaired) electrons. The van der Waals surface area contributed by atoms with Crippen LogP contribution in [0.5, 0.6) is 11.5 Å². The molecule has 2 bridgehead atoms. The minimum atomic E-state index is -1.04. The minimum absolute atomic E-state index is 0.0775. The van der Waals surface area contributed by atoms with E-state index in [1.54, 1.807) is 17.0 Å². The van der Waals surface area contributed by atoms with Gasteiger partial charge in [0.2, 0.25) is 0 Å². The van der Waals surface area contributed by atoms with Crippen molar-refractivity contribution in [2.75, 3.05) is 13.1 Å². The van der Waals surface area contributed by atoms with Crippen LogP contribution in [0.25, 0.3) is 0 Å². The fourth-order valence-corrected chi connectivity index (χ4v) is 7.87. The number of ether oxygens (including phenoxy) is 1. The third kappa shape index (κ3) is 2.25.